The highest BCUT2D eigenvalue weighted by Gasteiger charge is 2.25. The van der Waals surface area contributed by atoms with E-state index in [1.54, 1.807) is 17.2 Å². The summed E-state index contributed by atoms with van der Waals surface area (Å²) in [7, 11) is 0. The van der Waals surface area contributed by atoms with E-state index in [4.69, 9.17) is 0 Å². The van der Waals surface area contributed by atoms with Gasteiger partial charge < -0.3 is 4.90 Å². The Morgan fingerprint density at radius 2 is 2.03 bits per heavy atom. The molecule has 1 aliphatic heterocycles. The number of nitrogens with zero attached hydrogens (tertiary/aromatic N) is 6. The quantitative estimate of drug-likeness (QED) is 0.523. The summed E-state index contributed by atoms with van der Waals surface area (Å²) in [6.07, 6.45) is 6.59. The first-order valence-corrected chi connectivity index (χ1v) is 10.2. The lowest BCUT2D eigenvalue weighted by Gasteiger charge is -2.33. The van der Waals surface area contributed by atoms with Gasteiger partial charge in [0.15, 0.2) is 0 Å². The molecule has 1 atom stereocenters. The molecule has 0 N–H and O–H groups in total. The van der Waals surface area contributed by atoms with Crippen molar-refractivity contribution < 1.29 is 4.79 Å². The molecule has 7 nitrogen and oxygen atoms in total. The molecule has 0 saturated carbocycles. The Bertz CT molecular complexity index is 1200. The van der Waals surface area contributed by atoms with Crippen LogP contribution in [0.5, 0.6) is 0 Å². The lowest BCUT2D eigenvalue weighted by atomic mass is 9.96. The second kappa shape index (κ2) is 7.67. The van der Waals surface area contributed by atoms with Crippen LogP contribution in [0.4, 0.5) is 0 Å². The standard InChI is InChI=1S/C23H22N6O/c1-16-6-2-3-11-28(16)23(30)18-12-17(13-19(14-18)29-15-25-26-27-29)20-7-4-9-22-21(20)8-5-10-24-22/h4-5,7-10,12-16H,2-3,6,11H2,1H3. The van der Waals surface area contributed by atoms with Crippen molar-refractivity contribution in [3.05, 3.63) is 66.6 Å². The van der Waals surface area contributed by atoms with Gasteiger partial charge in [-0.1, -0.05) is 18.2 Å². The summed E-state index contributed by atoms with van der Waals surface area (Å²) in [5, 5.41) is 12.6. The van der Waals surface area contributed by atoms with Crippen molar-refractivity contribution in [2.24, 2.45) is 0 Å². The molecule has 5 rings (SSSR count). The second-order valence-corrected chi connectivity index (χ2v) is 7.74. The third-order valence-corrected chi connectivity index (χ3v) is 5.80. The first kappa shape index (κ1) is 18.4. The molecule has 1 amide bonds. The summed E-state index contributed by atoms with van der Waals surface area (Å²) in [5.74, 6) is 0.0525. The SMILES string of the molecule is CC1CCCCN1C(=O)c1cc(-c2cccc3ncccc23)cc(-n2cnnn2)c1. The van der Waals surface area contributed by atoms with Gasteiger partial charge in [0, 0.05) is 29.7 Å². The maximum atomic E-state index is 13.4. The number of carbonyl (C=O) groups is 1. The van der Waals surface area contributed by atoms with E-state index in [1.165, 1.54) is 6.42 Å². The van der Waals surface area contributed by atoms with Crippen molar-refractivity contribution in [1.29, 1.82) is 0 Å². The van der Waals surface area contributed by atoms with Gasteiger partial charge in [0.2, 0.25) is 0 Å². The second-order valence-electron chi connectivity index (χ2n) is 7.74. The van der Waals surface area contributed by atoms with Crippen LogP contribution in [0.25, 0.3) is 27.7 Å². The third-order valence-electron chi connectivity index (χ3n) is 5.80. The Kier molecular flexibility index (Phi) is 4.71. The fourth-order valence-corrected chi connectivity index (χ4v) is 4.22. The van der Waals surface area contributed by atoms with Gasteiger partial charge in [0.1, 0.15) is 6.33 Å². The number of benzene rings is 2. The van der Waals surface area contributed by atoms with E-state index in [2.05, 4.69) is 39.6 Å². The molecular formula is C23H22N6O. The van der Waals surface area contributed by atoms with Crippen LogP contribution in [-0.2, 0) is 0 Å². The Labute approximate surface area is 174 Å². The fraction of sp³-hybridized carbons (Fsp3) is 0.261. The zero-order valence-corrected chi connectivity index (χ0v) is 16.8. The van der Waals surface area contributed by atoms with E-state index in [0.29, 0.717) is 5.56 Å². The molecule has 1 saturated heterocycles. The van der Waals surface area contributed by atoms with Crippen molar-refractivity contribution in [2.75, 3.05) is 6.54 Å². The number of hydrogen-bond acceptors (Lipinski definition) is 5. The summed E-state index contributed by atoms with van der Waals surface area (Å²) < 4.78 is 1.59. The molecule has 3 heterocycles. The Balaban J connectivity index is 1.67. The molecule has 1 aliphatic rings. The first-order valence-electron chi connectivity index (χ1n) is 10.2. The number of hydrogen-bond donors (Lipinski definition) is 0. The van der Waals surface area contributed by atoms with Crippen LogP contribution in [0.3, 0.4) is 0 Å². The molecule has 2 aromatic carbocycles. The Morgan fingerprint density at radius 1 is 1.10 bits per heavy atom. The molecule has 0 aliphatic carbocycles. The highest BCUT2D eigenvalue weighted by molar-refractivity contribution is 5.99. The predicted octanol–water partition coefficient (Wildman–Crippen LogP) is 3.89. The minimum Gasteiger partial charge on any atom is -0.336 e. The van der Waals surface area contributed by atoms with E-state index in [1.807, 2.05) is 41.3 Å². The number of tetrazole rings is 1. The highest BCUT2D eigenvalue weighted by atomic mass is 16.2. The Morgan fingerprint density at radius 3 is 2.87 bits per heavy atom. The van der Waals surface area contributed by atoms with Crippen LogP contribution in [0, 0.1) is 0 Å². The summed E-state index contributed by atoms with van der Waals surface area (Å²) in [4.78, 5) is 19.9. The topological polar surface area (TPSA) is 76.8 Å². The van der Waals surface area contributed by atoms with Crippen molar-refractivity contribution in [3.8, 4) is 16.8 Å². The van der Waals surface area contributed by atoms with Crippen molar-refractivity contribution >= 4 is 16.8 Å². The normalized spacial score (nSPS) is 16.7. The monoisotopic (exact) mass is 398 g/mol. The highest BCUT2D eigenvalue weighted by Crippen LogP contribution is 2.31. The predicted molar refractivity (Wildman–Crippen MR) is 114 cm³/mol. The first-order chi connectivity index (χ1) is 14.7. The van der Waals surface area contributed by atoms with Gasteiger partial charge in [-0.15, -0.1) is 5.10 Å². The molecule has 1 unspecified atom stereocenters. The minimum atomic E-state index is 0.0525. The van der Waals surface area contributed by atoms with Crippen LogP contribution < -0.4 is 0 Å². The van der Waals surface area contributed by atoms with Crippen LogP contribution >= 0.6 is 0 Å². The average molecular weight is 398 g/mol. The molecular weight excluding hydrogens is 376 g/mol. The number of rotatable bonds is 3. The van der Waals surface area contributed by atoms with Crippen LogP contribution in [0.15, 0.2) is 61.1 Å². The molecule has 0 bridgehead atoms. The van der Waals surface area contributed by atoms with Gasteiger partial charge in [-0.3, -0.25) is 9.78 Å². The lowest BCUT2D eigenvalue weighted by Crippen LogP contribution is -2.42. The molecule has 150 valence electrons. The van der Waals surface area contributed by atoms with E-state index in [9.17, 15) is 4.79 Å². The number of carbonyl (C=O) groups excluding carboxylic acids is 1. The van der Waals surface area contributed by atoms with Gasteiger partial charge in [0.05, 0.1) is 11.2 Å². The third kappa shape index (κ3) is 3.32. The molecule has 30 heavy (non-hydrogen) atoms. The number of aromatic nitrogens is 5. The van der Waals surface area contributed by atoms with Gasteiger partial charge in [-0.05, 0) is 78.1 Å². The van der Waals surface area contributed by atoms with Gasteiger partial charge in [-0.25, -0.2) is 4.68 Å². The van der Waals surface area contributed by atoms with Crippen molar-refractivity contribution in [1.82, 2.24) is 30.1 Å². The maximum absolute atomic E-state index is 13.4. The van der Waals surface area contributed by atoms with Crippen LogP contribution in [-0.4, -0.2) is 48.6 Å². The average Bonchev–Trinajstić information content (AvgIpc) is 3.33. The zero-order chi connectivity index (χ0) is 20.5. The molecule has 0 spiro atoms. The van der Waals surface area contributed by atoms with Crippen molar-refractivity contribution in [2.45, 2.75) is 32.2 Å². The van der Waals surface area contributed by atoms with E-state index >= 15 is 0 Å². The van der Waals surface area contributed by atoms with Crippen LogP contribution in [0.2, 0.25) is 0 Å². The molecule has 1 fully saturated rings. The summed E-state index contributed by atoms with van der Waals surface area (Å²) in [6.45, 7) is 2.92. The minimum absolute atomic E-state index is 0.0525. The fourth-order valence-electron chi connectivity index (χ4n) is 4.22. The Hall–Kier alpha value is -3.61. The van der Waals surface area contributed by atoms with Gasteiger partial charge in [-0.2, -0.15) is 0 Å². The van der Waals surface area contributed by atoms with Gasteiger partial charge >= 0.3 is 0 Å². The number of amides is 1. The van der Waals surface area contributed by atoms with E-state index < -0.39 is 0 Å². The molecule has 4 aromatic rings. The smallest absolute Gasteiger partial charge is 0.254 e. The van der Waals surface area contributed by atoms with Crippen molar-refractivity contribution in [3.63, 3.8) is 0 Å². The largest absolute Gasteiger partial charge is 0.336 e. The summed E-state index contributed by atoms with van der Waals surface area (Å²) >= 11 is 0. The van der Waals surface area contributed by atoms with E-state index in [-0.39, 0.29) is 11.9 Å². The lowest BCUT2D eigenvalue weighted by molar-refractivity contribution is 0.0635. The van der Waals surface area contributed by atoms with E-state index in [0.717, 1.165) is 47.1 Å². The molecule has 2 aromatic heterocycles. The van der Waals surface area contributed by atoms with Gasteiger partial charge in [0.25, 0.3) is 5.91 Å². The zero-order valence-electron chi connectivity index (χ0n) is 16.8. The maximum Gasteiger partial charge on any atom is 0.254 e. The number of likely N-dealkylation sites (tertiary alicyclic amines) is 1. The van der Waals surface area contributed by atoms with Crippen LogP contribution in [0.1, 0.15) is 36.5 Å². The summed E-state index contributed by atoms with van der Waals surface area (Å²) in [6, 6.07) is 16.1. The number of piperidine rings is 1. The molecule has 0 radical (unpaired) electrons. The summed E-state index contributed by atoms with van der Waals surface area (Å²) in [5.41, 5.74) is 4.28. The number of fused-ring (bicyclic) bond motifs is 1. The number of pyridine rings is 1. The molecule has 7 heteroatoms.